The third kappa shape index (κ3) is 1.99. The van der Waals surface area contributed by atoms with Gasteiger partial charge in [-0.15, -0.1) is 0 Å². The van der Waals surface area contributed by atoms with Crippen molar-refractivity contribution < 1.29 is 4.79 Å². The number of nitrogens with zero attached hydrogens (tertiary/aromatic N) is 1. The van der Waals surface area contributed by atoms with Crippen LogP contribution in [0, 0.1) is 5.92 Å². The van der Waals surface area contributed by atoms with E-state index in [4.69, 9.17) is 0 Å². The Labute approximate surface area is 107 Å². The van der Waals surface area contributed by atoms with Gasteiger partial charge in [-0.05, 0) is 22.9 Å². The predicted molar refractivity (Wildman–Crippen MR) is 74.9 cm³/mol. The Morgan fingerprint density at radius 3 is 2.67 bits per heavy atom. The lowest BCUT2D eigenvalue weighted by Gasteiger charge is -2.32. The standard InChI is InChI=1S/C16H17NO/c1-12-11-17(9-8-16(12)18)15-7-6-13-4-2-3-5-14(13)10-15/h2-7,10,12H,8-9,11H2,1H3. The highest BCUT2D eigenvalue weighted by Gasteiger charge is 2.23. The Morgan fingerprint density at radius 1 is 1.11 bits per heavy atom. The molecule has 92 valence electrons. The highest BCUT2D eigenvalue weighted by Crippen LogP contribution is 2.25. The maximum Gasteiger partial charge on any atom is 0.139 e. The van der Waals surface area contributed by atoms with E-state index in [1.165, 1.54) is 16.5 Å². The molecule has 0 radical (unpaired) electrons. The highest BCUT2D eigenvalue weighted by atomic mass is 16.1. The lowest BCUT2D eigenvalue weighted by atomic mass is 9.98. The third-order valence-corrected chi connectivity index (χ3v) is 3.77. The number of Topliss-reactive ketones (excluding diaryl/α,β-unsaturated/α-hetero) is 1. The average molecular weight is 239 g/mol. The molecule has 1 unspecified atom stereocenters. The first-order chi connectivity index (χ1) is 8.74. The Balaban J connectivity index is 1.92. The largest absolute Gasteiger partial charge is 0.370 e. The van der Waals surface area contributed by atoms with E-state index in [0.29, 0.717) is 12.2 Å². The fourth-order valence-electron chi connectivity index (χ4n) is 2.62. The minimum atomic E-state index is 0.158. The molecule has 0 saturated carbocycles. The zero-order valence-electron chi connectivity index (χ0n) is 10.6. The Bertz CT molecular complexity index is 590. The van der Waals surface area contributed by atoms with Crippen molar-refractivity contribution in [2.75, 3.05) is 18.0 Å². The topological polar surface area (TPSA) is 20.3 Å². The lowest BCUT2D eigenvalue weighted by Crippen LogP contribution is -2.39. The summed E-state index contributed by atoms with van der Waals surface area (Å²) in [5, 5.41) is 2.53. The number of benzene rings is 2. The van der Waals surface area contributed by atoms with E-state index in [-0.39, 0.29) is 5.92 Å². The zero-order valence-corrected chi connectivity index (χ0v) is 10.6. The van der Waals surface area contributed by atoms with Crippen molar-refractivity contribution in [3.05, 3.63) is 42.5 Å². The van der Waals surface area contributed by atoms with Crippen LogP contribution in [0.3, 0.4) is 0 Å². The molecule has 1 saturated heterocycles. The van der Waals surface area contributed by atoms with Crippen LogP contribution in [0.2, 0.25) is 0 Å². The molecule has 0 amide bonds. The molecule has 2 nitrogen and oxygen atoms in total. The lowest BCUT2D eigenvalue weighted by molar-refractivity contribution is -0.122. The van der Waals surface area contributed by atoms with E-state index in [0.717, 1.165) is 13.1 Å². The second-order valence-corrected chi connectivity index (χ2v) is 5.09. The second kappa shape index (κ2) is 4.45. The molecule has 1 fully saturated rings. The van der Waals surface area contributed by atoms with E-state index in [1.54, 1.807) is 0 Å². The first-order valence-electron chi connectivity index (χ1n) is 6.50. The molecule has 0 aromatic heterocycles. The van der Waals surface area contributed by atoms with Crippen molar-refractivity contribution in [2.24, 2.45) is 5.92 Å². The van der Waals surface area contributed by atoms with Crippen LogP contribution in [-0.2, 0) is 4.79 Å². The maximum absolute atomic E-state index is 11.6. The van der Waals surface area contributed by atoms with Crippen molar-refractivity contribution in [1.29, 1.82) is 0 Å². The second-order valence-electron chi connectivity index (χ2n) is 5.09. The number of carbonyl (C=O) groups excluding carboxylic acids is 1. The molecule has 0 bridgehead atoms. The van der Waals surface area contributed by atoms with Crippen LogP contribution < -0.4 is 4.90 Å². The Hall–Kier alpha value is -1.83. The van der Waals surface area contributed by atoms with Crippen LogP contribution in [0.5, 0.6) is 0 Å². The van der Waals surface area contributed by atoms with Gasteiger partial charge in [0, 0.05) is 31.1 Å². The summed E-state index contributed by atoms with van der Waals surface area (Å²) < 4.78 is 0. The van der Waals surface area contributed by atoms with E-state index < -0.39 is 0 Å². The molecule has 18 heavy (non-hydrogen) atoms. The van der Waals surface area contributed by atoms with Crippen LogP contribution in [0.15, 0.2) is 42.5 Å². The molecule has 0 spiro atoms. The molecule has 2 heteroatoms. The van der Waals surface area contributed by atoms with Crippen LogP contribution >= 0.6 is 0 Å². The van der Waals surface area contributed by atoms with Gasteiger partial charge in [-0.1, -0.05) is 37.3 Å². The van der Waals surface area contributed by atoms with E-state index >= 15 is 0 Å². The minimum Gasteiger partial charge on any atom is -0.370 e. The van der Waals surface area contributed by atoms with Crippen LogP contribution in [-0.4, -0.2) is 18.9 Å². The van der Waals surface area contributed by atoms with Crippen LogP contribution in [0.1, 0.15) is 13.3 Å². The van der Waals surface area contributed by atoms with Gasteiger partial charge in [0.2, 0.25) is 0 Å². The summed E-state index contributed by atoms with van der Waals surface area (Å²) in [6.07, 6.45) is 0.675. The van der Waals surface area contributed by atoms with Crippen LogP contribution in [0.4, 0.5) is 5.69 Å². The normalized spacial score (nSPS) is 20.4. The average Bonchev–Trinajstić information content (AvgIpc) is 2.41. The molecule has 1 aliphatic rings. The Morgan fingerprint density at radius 2 is 1.89 bits per heavy atom. The first-order valence-corrected chi connectivity index (χ1v) is 6.50. The maximum atomic E-state index is 11.6. The fraction of sp³-hybridized carbons (Fsp3) is 0.312. The van der Waals surface area contributed by atoms with E-state index in [9.17, 15) is 4.79 Å². The van der Waals surface area contributed by atoms with Gasteiger partial charge < -0.3 is 4.90 Å². The van der Waals surface area contributed by atoms with Gasteiger partial charge in [0.05, 0.1) is 0 Å². The van der Waals surface area contributed by atoms with Gasteiger partial charge >= 0.3 is 0 Å². The molecule has 1 atom stereocenters. The summed E-state index contributed by atoms with van der Waals surface area (Å²) in [7, 11) is 0. The molecule has 0 N–H and O–H groups in total. The summed E-state index contributed by atoms with van der Waals surface area (Å²) >= 11 is 0. The number of fused-ring (bicyclic) bond motifs is 1. The van der Waals surface area contributed by atoms with Gasteiger partial charge in [0.1, 0.15) is 5.78 Å². The van der Waals surface area contributed by atoms with Crippen molar-refractivity contribution in [1.82, 2.24) is 0 Å². The van der Waals surface area contributed by atoms with Crippen molar-refractivity contribution in [3.63, 3.8) is 0 Å². The van der Waals surface area contributed by atoms with Gasteiger partial charge in [-0.2, -0.15) is 0 Å². The fourth-order valence-corrected chi connectivity index (χ4v) is 2.62. The molecule has 2 aromatic rings. The molecular weight excluding hydrogens is 222 g/mol. The number of piperidine rings is 1. The monoisotopic (exact) mass is 239 g/mol. The van der Waals surface area contributed by atoms with Crippen molar-refractivity contribution >= 4 is 22.2 Å². The van der Waals surface area contributed by atoms with E-state index in [2.05, 4.69) is 47.4 Å². The quantitative estimate of drug-likeness (QED) is 0.761. The summed E-state index contributed by atoms with van der Waals surface area (Å²) in [6, 6.07) is 14.9. The summed E-state index contributed by atoms with van der Waals surface area (Å²) in [6.45, 7) is 3.72. The molecule has 0 aliphatic carbocycles. The number of hydrogen-bond acceptors (Lipinski definition) is 2. The number of ketones is 1. The summed E-state index contributed by atoms with van der Waals surface area (Å²) in [5.74, 6) is 0.553. The predicted octanol–water partition coefficient (Wildman–Crippen LogP) is 3.26. The van der Waals surface area contributed by atoms with E-state index in [1.807, 2.05) is 6.92 Å². The Kier molecular flexibility index (Phi) is 2.78. The van der Waals surface area contributed by atoms with Crippen molar-refractivity contribution in [2.45, 2.75) is 13.3 Å². The molecule has 1 aliphatic heterocycles. The van der Waals surface area contributed by atoms with Gasteiger partial charge in [-0.25, -0.2) is 0 Å². The SMILES string of the molecule is CC1CN(c2ccc3ccccc3c2)CCC1=O. The first kappa shape index (κ1) is 11.3. The highest BCUT2D eigenvalue weighted by molar-refractivity contribution is 5.87. The van der Waals surface area contributed by atoms with Gasteiger partial charge in [0.25, 0.3) is 0 Å². The molecular formula is C16H17NO. The summed E-state index contributed by atoms with van der Waals surface area (Å²) in [5.41, 5.74) is 1.23. The van der Waals surface area contributed by atoms with Crippen LogP contribution in [0.25, 0.3) is 10.8 Å². The smallest absolute Gasteiger partial charge is 0.139 e. The summed E-state index contributed by atoms with van der Waals surface area (Å²) in [4.78, 5) is 13.9. The number of hydrogen-bond donors (Lipinski definition) is 0. The minimum absolute atomic E-state index is 0.158. The molecule has 1 heterocycles. The number of rotatable bonds is 1. The number of anilines is 1. The third-order valence-electron chi connectivity index (χ3n) is 3.77. The van der Waals surface area contributed by atoms with Gasteiger partial charge in [0.15, 0.2) is 0 Å². The van der Waals surface area contributed by atoms with Crippen molar-refractivity contribution in [3.8, 4) is 0 Å². The number of carbonyl (C=O) groups is 1. The van der Waals surface area contributed by atoms with Gasteiger partial charge in [-0.3, -0.25) is 4.79 Å². The molecule has 3 rings (SSSR count). The molecule has 2 aromatic carbocycles. The zero-order chi connectivity index (χ0) is 12.5.